The standard InChI is InChI=1S/C16H19N7O2/c1-9-7-13(18-11(3)17-9)23-14(8-10(2)21-23)20-15(24)5-6-16-19-12(4)22-25-16/h7-8H,5-6H2,1-4H3,(H,20,24). The van der Waals surface area contributed by atoms with Crippen molar-refractivity contribution in [3.8, 4) is 5.82 Å². The molecule has 1 amide bonds. The third kappa shape index (κ3) is 4.06. The van der Waals surface area contributed by atoms with E-state index in [-0.39, 0.29) is 12.3 Å². The van der Waals surface area contributed by atoms with Crippen molar-refractivity contribution < 1.29 is 9.32 Å². The lowest BCUT2D eigenvalue weighted by molar-refractivity contribution is -0.116. The minimum Gasteiger partial charge on any atom is -0.339 e. The van der Waals surface area contributed by atoms with Crippen LogP contribution in [0.5, 0.6) is 0 Å². The number of nitrogens with zero attached hydrogens (tertiary/aromatic N) is 6. The highest BCUT2D eigenvalue weighted by atomic mass is 16.5. The Kier molecular flexibility index (Phi) is 4.55. The molecule has 0 fully saturated rings. The Hall–Kier alpha value is -3.10. The first-order valence-electron chi connectivity index (χ1n) is 7.89. The Bertz CT molecular complexity index is 893. The van der Waals surface area contributed by atoms with Crippen molar-refractivity contribution in [2.75, 3.05) is 5.32 Å². The average molecular weight is 341 g/mol. The zero-order valence-electron chi connectivity index (χ0n) is 14.6. The number of rotatable bonds is 5. The maximum atomic E-state index is 12.2. The van der Waals surface area contributed by atoms with Crippen molar-refractivity contribution in [3.05, 3.63) is 41.1 Å². The maximum absolute atomic E-state index is 12.2. The Labute approximate surface area is 144 Å². The molecule has 9 nitrogen and oxygen atoms in total. The summed E-state index contributed by atoms with van der Waals surface area (Å²) in [6.45, 7) is 7.30. The van der Waals surface area contributed by atoms with Gasteiger partial charge in [0.2, 0.25) is 11.8 Å². The second-order valence-electron chi connectivity index (χ2n) is 5.78. The van der Waals surface area contributed by atoms with Crippen molar-refractivity contribution in [3.63, 3.8) is 0 Å². The third-order valence-corrected chi connectivity index (χ3v) is 3.40. The number of anilines is 1. The van der Waals surface area contributed by atoms with E-state index in [4.69, 9.17) is 4.52 Å². The molecule has 0 aliphatic rings. The van der Waals surface area contributed by atoms with E-state index >= 15 is 0 Å². The summed E-state index contributed by atoms with van der Waals surface area (Å²) in [6.07, 6.45) is 0.610. The smallest absolute Gasteiger partial charge is 0.227 e. The lowest BCUT2D eigenvalue weighted by Crippen LogP contribution is -2.16. The van der Waals surface area contributed by atoms with Gasteiger partial charge in [-0.2, -0.15) is 14.8 Å². The van der Waals surface area contributed by atoms with Crippen LogP contribution in [0.25, 0.3) is 5.82 Å². The number of hydrogen-bond acceptors (Lipinski definition) is 7. The Balaban J connectivity index is 1.75. The van der Waals surface area contributed by atoms with E-state index in [0.717, 1.165) is 11.4 Å². The van der Waals surface area contributed by atoms with Crippen LogP contribution in [0.1, 0.15) is 35.3 Å². The van der Waals surface area contributed by atoms with E-state index in [1.54, 1.807) is 17.7 Å². The van der Waals surface area contributed by atoms with Crippen molar-refractivity contribution in [2.24, 2.45) is 0 Å². The molecule has 3 rings (SSSR count). The Morgan fingerprint density at radius 3 is 2.56 bits per heavy atom. The van der Waals surface area contributed by atoms with E-state index in [1.165, 1.54) is 0 Å². The minimum absolute atomic E-state index is 0.167. The second kappa shape index (κ2) is 6.80. The van der Waals surface area contributed by atoms with Gasteiger partial charge < -0.3 is 9.84 Å². The molecule has 0 atom stereocenters. The molecule has 0 radical (unpaired) electrons. The largest absolute Gasteiger partial charge is 0.339 e. The van der Waals surface area contributed by atoms with Crippen LogP contribution in [0, 0.1) is 27.7 Å². The summed E-state index contributed by atoms with van der Waals surface area (Å²) in [7, 11) is 0. The zero-order chi connectivity index (χ0) is 18.0. The predicted octanol–water partition coefficient (Wildman–Crippen LogP) is 1.85. The molecule has 3 aromatic rings. The minimum atomic E-state index is -0.167. The maximum Gasteiger partial charge on any atom is 0.227 e. The van der Waals surface area contributed by atoms with Gasteiger partial charge in [-0.25, -0.2) is 9.97 Å². The van der Waals surface area contributed by atoms with E-state index < -0.39 is 0 Å². The summed E-state index contributed by atoms with van der Waals surface area (Å²) < 4.78 is 6.62. The van der Waals surface area contributed by atoms with E-state index in [2.05, 4.69) is 30.5 Å². The molecule has 9 heteroatoms. The topological polar surface area (TPSA) is 112 Å². The van der Waals surface area contributed by atoms with E-state index in [1.807, 2.05) is 26.8 Å². The molecule has 3 aromatic heterocycles. The average Bonchev–Trinajstić information content (AvgIpc) is 3.10. The first-order valence-corrected chi connectivity index (χ1v) is 7.89. The fourth-order valence-electron chi connectivity index (χ4n) is 2.44. The van der Waals surface area contributed by atoms with Crippen LogP contribution < -0.4 is 5.32 Å². The van der Waals surface area contributed by atoms with Crippen LogP contribution in [-0.4, -0.2) is 35.8 Å². The molecule has 0 aromatic carbocycles. The molecule has 0 unspecified atom stereocenters. The SMILES string of the molecule is Cc1cc(-n2nc(C)cc2NC(=O)CCc2nc(C)no2)nc(C)n1. The summed E-state index contributed by atoms with van der Waals surface area (Å²) in [5, 5.41) is 11.0. The summed E-state index contributed by atoms with van der Waals surface area (Å²) in [5.74, 6) is 2.65. The first-order chi connectivity index (χ1) is 11.9. The van der Waals surface area contributed by atoms with Gasteiger partial charge in [0.1, 0.15) is 11.6 Å². The zero-order valence-corrected chi connectivity index (χ0v) is 14.6. The molecule has 0 aliphatic carbocycles. The summed E-state index contributed by atoms with van der Waals surface area (Å²) in [6, 6.07) is 3.61. The summed E-state index contributed by atoms with van der Waals surface area (Å²) in [4.78, 5) is 25.0. The number of carbonyl (C=O) groups excluding carboxylic acids is 1. The van der Waals surface area contributed by atoms with Crippen LogP contribution in [0.4, 0.5) is 5.82 Å². The molecule has 0 aliphatic heterocycles. The number of hydrogen-bond donors (Lipinski definition) is 1. The van der Waals surface area contributed by atoms with Crippen molar-refractivity contribution in [1.82, 2.24) is 29.9 Å². The molecular weight excluding hydrogens is 322 g/mol. The van der Waals surface area contributed by atoms with Crippen molar-refractivity contribution >= 4 is 11.7 Å². The van der Waals surface area contributed by atoms with Crippen LogP contribution >= 0.6 is 0 Å². The van der Waals surface area contributed by atoms with Gasteiger partial charge in [0, 0.05) is 30.7 Å². The molecule has 1 N–H and O–H groups in total. The fourth-order valence-corrected chi connectivity index (χ4v) is 2.44. The molecule has 0 saturated heterocycles. The molecule has 0 saturated carbocycles. The van der Waals surface area contributed by atoms with Gasteiger partial charge in [-0.05, 0) is 27.7 Å². The monoisotopic (exact) mass is 341 g/mol. The highest BCUT2D eigenvalue weighted by molar-refractivity contribution is 5.90. The van der Waals surface area contributed by atoms with Crippen molar-refractivity contribution in [1.29, 1.82) is 0 Å². The number of amides is 1. The van der Waals surface area contributed by atoms with E-state index in [9.17, 15) is 4.79 Å². The first kappa shape index (κ1) is 16.7. The molecule has 0 bridgehead atoms. The summed E-state index contributed by atoms with van der Waals surface area (Å²) >= 11 is 0. The highest BCUT2D eigenvalue weighted by Gasteiger charge is 2.14. The van der Waals surface area contributed by atoms with Crippen LogP contribution in [0.15, 0.2) is 16.7 Å². The molecule has 25 heavy (non-hydrogen) atoms. The molecule has 130 valence electrons. The van der Waals surface area contributed by atoms with Gasteiger partial charge in [0.25, 0.3) is 0 Å². The van der Waals surface area contributed by atoms with Gasteiger partial charge in [-0.1, -0.05) is 5.16 Å². The lowest BCUT2D eigenvalue weighted by atomic mass is 10.3. The van der Waals surface area contributed by atoms with Crippen LogP contribution in [0.3, 0.4) is 0 Å². The van der Waals surface area contributed by atoms with Gasteiger partial charge in [-0.3, -0.25) is 4.79 Å². The number of aryl methyl sites for hydroxylation is 5. The number of carbonyl (C=O) groups is 1. The van der Waals surface area contributed by atoms with Gasteiger partial charge in [0.15, 0.2) is 11.6 Å². The Morgan fingerprint density at radius 2 is 1.88 bits per heavy atom. The van der Waals surface area contributed by atoms with E-state index in [0.29, 0.717) is 35.6 Å². The van der Waals surface area contributed by atoms with Gasteiger partial charge >= 0.3 is 0 Å². The fraction of sp³-hybridized carbons (Fsp3) is 0.375. The lowest BCUT2D eigenvalue weighted by Gasteiger charge is -2.09. The molecular formula is C16H19N7O2. The van der Waals surface area contributed by atoms with Gasteiger partial charge in [-0.15, -0.1) is 0 Å². The second-order valence-corrected chi connectivity index (χ2v) is 5.78. The number of aromatic nitrogens is 6. The normalized spacial score (nSPS) is 10.9. The highest BCUT2D eigenvalue weighted by Crippen LogP contribution is 2.17. The number of nitrogens with one attached hydrogen (secondary N) is 1. The molecule has 3 heterocycles. The summed E-state index contributed by atoms with van der Waals surface area (Å²) in [5.41, 5.74) is 1.61. The Morgan fingerprint density at radius 1 is 1.08 bits per heavy atom. The van der Waals surface area contributed by atoms with Crippen molar-refractivity contribution in [2.45, 2.75) is 40.5 Å². The molecule has 0 spiro atoms. The predicted molar refractivity (Wildman–Crippen MR) is 89.4 cm³/mol. The van der Waals surface area contributed by atoms with Gasteiger partial charge in [0.05, 0.1) is 5.69 Å². The third-order valence-electron chi connectivity index (χ3n) is 3.40. The van der Waals surface area contributed by atoms with Crippen LogP contribution in [0.2, 0.25) is 0 Å². The van der Waals surface area contributed by atoms with Crippen LogP contribution in [-0.2, 0) is 11.2 Å². The quantitative estimate of drug-likeness (QED) is 0.753.